The Balaban J connectivity index is 1.61. The van der Waals surface area contributed by atoms with E-state index in [1.165, 1.54) is 23.5 Å². The normalized spacial score (nSPS) is 10.4. The minimum absolute atomic E-state index is 0.0230. The molecule has 0 fully saturated rings. The Hall–Kier alpha value is -2.70. The van der Waals surface area contributed by atoms with Gasteiger partial charge < -0.3 is 10.6 Å². The summed E-state index contributed by atoms with van der Waals surface area (Å²) in [6, 6.07) is 14.7. The van der Waals surface area contributed by atoms with Gasteiger partial charge in [-0.05, 0) is 41.3 Å². The molecule has 0 atom stereocenters. The van der Waals surface area contributed by atoms with Crippen LogP contribution in [0, 0.1) is 5.82 Å². The van der Waals surface area contributed by atoms with Crippen LogP contribution in [0.5, 0.6) is 0 Å². The highest BCUT2D eigenvalue weighted by Crippen LogP contribution is 2.22. The summed E-state index contributed by atoms with van der Waals surface area (Å²) in [5, 5.41) is 7.08. The van der Waals surface area contributed by atoms with Crippen LogP contribution in [0.25, 0.3) is 0 Å². The number of hydrogen-bond acceptors (Lipinski definition) is 3. The third kappa shape index (κ3) is 4.28. The van der Waals surface area contributed by atoms with Gasteiger partial charge in [-0.25, -0.2) is 4.39 Å². The van der Waals surface area contributed by atoms with E-state index < -0.39 is 11.7 Å². The minimum Gasteiger partial charge on any atom is -0.347 e. The van der Waals surface area contributed by atoms with Crippen molar-refractivity contribution in [3.05, 3.63) is 86.8 Å². The van der Waals surface area contributed by atoms with Crippen molar-refractivity contribution in [2.75, 3.05) is 5.32 Å². The summed E-state index contributed by atoms with van der Waals surface area (Å²) in [7, 11) is 0. The first-order chi connectivity index (χ1) is 12.5. The van der Waals surface area contributed by atoms with Crippen LogP contribution in [-0.2, 0) is 6.54 Å². The average Bonchev–Trinajstić information content (AvgIpc) is 3.19. The number of nitrogens with one attached hydrogen (secondary N) is 2. The van der Waals surface area contributed by atoms with Gasteiger partial charge >= 0.3 is 0 Å². The Morgan fingerprint density at radius 1 is 1.00 bits per heavy atom. The quantitative estimate of drug-likeness (QED) is 0.664. The lowest BCUT2D eigenvalue weighted by atomic mass is 10.1. The monoisotopic (exact) mass is 388 g/mol. The zero-order chi connectivity index (χ0) is 18.5. The van der Waals surface area contributed by atoms with E-state index in [4.69, 9.17) is 11.6 Å². The Labute approximate surface area is 158 Å². The Morgan fingerprint density at radius 3 is 2.46 bits per heavy atom. The van der Waals surface area contributed by atoms with E-state index >= 15 is 0 Å². The van der Waals surface area contributed by atoms with Gasteiger partial charge in [0.15, 0.2) is 5.82 Å². The molecule has 0 aliphatic carbocycles. The van der Waals surface area contributed by atoms with E-state index in [2.05, 4.69) is 10.6 Å². The van der Waals surface area contributed by atoms with E-state index in [1.54, 1.807) is 36.4 Å². The second kappa shape index (κ2) is 8.12. The van der Waals surface area contributed by atoms with Crippen molar-refractivity contribution in [1.82, 2.24) is 5.32 Å². The van der Waals surface area contributed by atoms with Crippen LogP contribution >= 0.6 is 22.9 Å². The number of carbonyl (C=O) groups is 2. The Kier molecular flexibility index (Phi) is 5.65. The lowest BCUT2D eigenvalue weighted by Gasteiger charge is -2.08. The van der Waals surface area contributed by atoms with Gasteiger partial charge in [0.2, 0.25) is 0 Å². The number of carbonyl (C=O) groups excluding carboxylic acids is 2. The van der Waals surface area contributed by atoms with Crippen LogP contribution in [0.15, 0.2) is 60.0 Å². The van der Waals surface area contributed by atoms with Crippen molar-refractivity contribution >= 4 is 40.4 Å². The zero-order valence-electron chi connectivity index (χ0n) is 13.5. The van der Waals surface area contributed by atoms with Crippen LogP contribution in [0.3, 0.4) is 0 Å². The molecule has 0 bridgehead atoms. The van der Waals surface area contributed by atoms with E-state index in [-0.39, 0.29) is 16.6 Å². The summed E-state index contributed by atoms with van der Waals surface area (Å²) in [4.78, 5) is 24.8. The van der Waals surface area contributed by atoms with Gasteiger partial charge in [-0.3, -0.25) is 9.59 Å². The van der Waals surface area contributed by atoms with Crippen molar-refractivity contribution in [3.8, 4) is 0 Å². The maximum absolute atomic E-state index is 13.8. The lowest BCUT2D eigenvalue weighted by Crippen LogP contribution is -2.21. The summed E-state index contributed by atoms with van der Waals surface area (Å²) in [5.41, 5.74) is 1.24. The molecule has 1 aromatic heterocycles. The van der Waals surface area contributed by atoms with E-state index in [0.29, 0.717) is 17.0 Å². The van der Waals surface area contributed by atoms with Crippen molar-refractivity contribution in [1.29, 1.82) is 0 Å². The third-order valence-electron chi connectivity index (χ3n) is 3.61. The molecule has 132 valence electrons. The highest BCUT2D eigenvalue weighted by Gasteiger charge is 2.12. The van der Waals surface area contributed by atoms with Gasteiger partial charge in [-0.15, -0.1) is 11.3 Å². The van der Waals surface area contributed by atoms with Gasteiger partial charge in [0, 0.05) is 12.1 Å². The van der Waals surface area contributed by atoms with Gasteiger partial charge in [0.25, 0.3) is 11.8 Å². The third-order valence-corrected chi connectivity index (χ3v) is 4.77. The van der Waals surface area contributed by atoms with Crippen molar-refractivity contribution in [2.45, 2.75) is 6.54 Å². The van der Waals surface area contributed by atoms with Crippen LogP contribution in [0.1, 0.15) is 25.6 Å². The Morgan fingerprint density at radius 2 is 1.77 bits per heavy atom. The molecule has 0 radical (unpaired) electrons. The van der Waals surface area contributed by atoms with Crippen molar-refractivity contribution in [3.63, 3.8) is 0 Å². The minimum atomic E-state index is -0.671. The molecule has 0 saturated heterocycles. The standard InChI is InChI=1S/C19H14ClFN2O2S/c20-14-3-1-4-15(17(14)21)23-18(24)13-8-6-12(7-9-13)11-22-19(25)16-5-2-10-26-16/h1-10H,11H2,(H,22,25)(H,23,24). The maximum Gasteiger partial charge on any atom is 0.261 e. The summed E-state index contributed by atoms with van der Waals surface area (Å²) in [6.45, 7) is 0.349. The molecule has 0 saturated carbocycles. The summed E-state index contributed by atoms with van der Waals surface area (Å²) in [5.74, 6) is -1.26. The molecule has 2 aromatic carbocycles. The molecule has 0 aliphatic rings. The van der Waals surface area contributed by atoms with E-state index in [0.717, 1.165) is 5.56 Å². The lowest BCUT2D eigenvalue weighted by molar-refractivity contribution is 0.0953. The summed E-state index contributed by atoms with van der Waals surface area (Å²) >= 11 is 7.07. The second-order valence-corrected chi connectivity index (χ2v) is 6.77. The molecule has 0 aliphatic heterocycles. The molecule has 0 spiro atoms. The van der Waals surface area contributed by atoms with Gasteiger partial charge in [-0.2, -0.15) is 0 Å². The first-order valence-corrected chi connectivity index (χ1v) is 8.96. The molecule has 26 heavy (non-hydrogen) atoms. The van der Waals surface area contributed by atoms with Gasteiger partial charge in [-0.1, -0.05) is 35.9 Å². The van der Waals surface area contributed by atoms with Crippen LogP contribution in [-0.4, -0.2) is 11.8 Å². The van der Waals surface area contributed by atoms with Crippen molar-refractivity contribution in [2.24, 2.45) is 0 Å². The molecule has 3 aromatic rings. The molecule has 1 heterocycles. The fraction of sp³-hybridized carbons (Fsp3) is 0.0526. The molecule has 0 unspecified atom stereocenters. The SMILES string of the molecule is O=C(Nc1cccc(Cl)c1F)c1ccc(CNC(=O)c2cccs2)cc1. The fourth-order valence-corrected chi connectivity index (χ4v) is 3.06. The molecule has 2 N–H and O–H groups in total. The number of benzene rings is 2. The first kappa shape index (κ1) is 18.1. The number of halogens is 2. The summed E-state index contributed by atoms with van der Waals surface area (Å²) in [6.07, 6.45) is 0. The van der Waals surface area contributed by atoms with Gasteiger partial charge in [0.05, 0.1) is 15.6 Å². The molecular weight excluding hydrogens is 375 g/mol. The largest absolute Gasteiger partial charge is 0.347 e. The van der Waals surface area contributed by atoms with Gasteiger partial charge in [0.1, 0.15) is 0 Å². The molecule has 3 rings (SSSR count). The highest BCUT2D eigenvalue weighted by molar-refractivity contribution is 7.12. The predicted molar refractivity (Wildman–Crippen MR) is 101 cm³/mol. The molecule has 7 heteroatoms. The smallest absolute Gasteiger partial charge is 0.261 e. The molecule has 2 amide bonds. The number of rotatable bonds is 5. The number of amides is 2. The Bertz CT molecular complexity index is 927. The van der Waals surface area contributed by atoms with E-state index in [9.17, 15) is 14.0 Å². The molecular formula is C19H14ClFN2O2S. The molecule has 4 nitrogen and oxygen atoms in total. The topological polar surface area (TPSA) is 58.2 Å². The average molecular weight is 389 g/mol. The van der Waals surface area contributed by atoms with Crippen LogP contribution in [0.4, 0.5) is 10.1 Å². The maximum atomic E-state index is 13.8. The number of thiophene rings is 1. The highest BCUT2D eigenvalue weighted by atomic mass is 35.5. The summed E-state index contributed by atoms with van der Waals surface area (Å²) < 4.78 is 13.8. The van der Waals surface area contributed by atoms with Crippen molar-refractivity contribution < 1.29 is 14.0 Å². The zero-order valence-corrected chi connectivity index (χ0v) is 15.0. The fourth-order valence-electron chi connectivity index (χ4n) is 2.25. The second-order valence-electron chi connectivity index (χ2n) is 5.41. The van der Waals surface area contributed by atoms with Crippen LogP contribution < -0.4 is 10.6 Å². The predicted octanol–water partition coefficient (Wildman–Crippen LogP) is 4.72. The number of hydrogen-bond donors (Lipinski definition) is 2. The number of anilines is 1. The first-order valence-electron chi connectivity index (χ1n) is 7.70. The van der Waals surface area contributed by atoms with Crippen LogP contribution in [0.2, 0.25) is 5.02 Å². The van der Waals surface area contributed by atoms with E-state index in [1.807, 2.05) is 11.4 Å².